The Labute approximate surface area is 203 Å². The SMILES string of the molecule is O=C1CSC(=NN=Cc2cn(Cc3cccc(C(F)(F)F)c3)c3ccccc23)N1c1ccccc1. The first-order chi connectivity index (χ1) is 16.9. The van der Waals surface area contributed by atoms with Crippen LogP contribution in [-0.4, -0.2) is 27.6 Å². The molecule has 1 aliphatic rings. The smallest absolute Gasteiger partial charge is 0.342 e. The van der Waals surface area contributed by atoms with Gasteiger partial charge in [-0.2, -0.15) is 18.3 Å². The number of benzene rings is 3. The summed E-state index contributed by atoms with van der Waals surface area (Å²) in [7, 11) is 0. The molecule has 1 aromatic heterocycles. The highest BCUT2D eigenvalue weighted by Gasteiger charge is 2.31. The van der Waals surface area contributed by atoms with Crippen molar-refractivity contribution in [2.45, 2.75) is 12.7 Å². The Morgan fingerprint density at radius 1 is 0.971 bits per heavy atom. The molecule has 5 nitrogen and oxygen atoms in total. The van der Waals surface area contributed by atoms with Crippen LogP contribution in [0.25, 0.3) is 10.9 Å². The van der Waals surface area contributed by atoms with Crippen molar-refractivity contribution in [1.29, 1.82) is 0 Å². The molecule has 4 aromatic rings. The third-order valence-electron chi connectivity index (χ3n) is 5.55. The number of carbonyl (C=O) groups excluding carboxylic acids is 1. The highest BCUT2D eigenvalue weighted by molar-refractivity contribution is 8.15. The maximum atomic E-state index is 13.1. The summed E-state index contributed by atoms with van der Waals surface area (Å²) < 4.78 is 41.3. The highest BCUT2D eigenvalue weighted by Crippen LogP contribution is 2.30. The van der Waals surface area contributed by atoms with Gasteiger partial charge in [0, 0.05) is 29.2 Å². The van der Waals surface area contributed by atoms with Crippen molar-refractivity contribution in [1.82, 2.24) is 4.57 Å². The van der Waals surface area contributed by atoms with Gasteiger partial charge in [-0.1, -0.05) is 60.3 Å². The molecule has 1 saturated heterocycles. The fourth-order valence-electron chi connectivity index (χ4n) is 3.96. The van der Waals surface area contributed by atoms with Crippen LogP contribution in [0, 0.1) is 0 Å². The van der Waals surface area contributed by atoms with Gasteiger partial charge in [0.2, 0.25) is 5.91 Å². The number of amides is 1. The molecule has 9 heteroatoms. The van der Waals surface area contributed by atoms with Crippen LogP contribution in [0.4, 0.5) is 18.9 Å². The number of fused-ring (bicyclic) bond motifs is 1. The van der Waals surface area contributed by atoms with E-state index in [0.717, 1.165) is 28.2 Å². The lowest BCUT2D eigenvalue weighted by molar-refractivity contribution is -0.137. The standard InChI is InChI=1S/C26H19F3N4OS/c27-26(28,29)20-8-6-7-18(13-20)15-32-16-19(22-11-4-5-12-23(22)32)14-30-31-25-33(24(34)17-35-25)21-9-2-1-3-10-21/h1-14,16H,15,17H2. The van der Waals surface area contributed by atoms with Crippen molar-refractivity contribution in [2.75, 3.05) is 10.7 Å². The number of nitrogens with zero attached hydrogens (tertiary/aromatic N) is 4. The number of hydrogen-bond donors (Lipinski definition) is 0. The Balaban J connectivity index is 1.44. The number of alkyl halides is 3. The van der Waals surface area contributed by atoms with Gasteiger partial charge < -0.3 is 4.57 Å². The average Bonchev–Trinajstić information content (AvgIpc) is 3.39. The van der Waals surface area contributed by atoms with Crippen molar-refractivity contribution in [2.24, 2.45) is 10.2 Å². The molecule has 1 fully saturated rings. The number of hydrogen-bond acceptors (Lipinski definition) is 4. The van der Waals surface area contributed by atoms with Crippen molar-refractivity contribution >= 4 is 45.6 Å². The monoisotopic (exact) mass is 492 g/mol. The zero-order valence-electron chi connectivity index (χ0n) is 18.3. The third-order valence-corrected chi connectivity index (χ3v) is 6.46. The van der Waals surface area contributed by atoms with E-state index in [-0.39, 0.29) is 12.5 Å². The molecule has 0 spiro atoms. The second kappa shape index (κ2) is 9.42. The normalized spacial score (nSPS) is 15.7. The Morgan fingerprint density at radius 2 is 1.74 bits per heavy atom. The topological polar surface area (TPSA) is 50.0 Å². The molecule has 1 aliphatic heterocycles. The van der Waals surface area contributed by atoms with Crippen LogP contribution in [0.3, 0.4) is 0 Å². The Morgan fingerprint density at radius 3 is 2.54 bits per heavy atom. The van der Waals surface area contributed by atoms with Gasteiger partial charge in [-0.05, 0) is 35.9 Å². The molecule has 0 radical (unpaired) electrons. The van der Waals surface area contributed by atoms with Crippen molar-refractivity contribution in [3.8, 4) is 0 Å². The van der Waals surface area contributed by atoms with Crippen LogP contribution in [-0.2, 0) is 17.5 Å². The summed E-state index contributed by atoms with van der Waals surface area (Å²) in [5.41, 5.74) is 2.25. The van der Waals surface area contributed by atoms with E-state index in [1.165, 1.54) is 23.9 Å². The van der Waals surface area contributed by atoms with Gasteiger partial charge in [-0.25, -0.2) is 0 Å². The van der Waals surface area contributed by atoms with E-state index in [2.05, 4.69) is 10.2 Å². The van der Waals surface area contributed by atoms with Gasteiger partial charge in [-0.15, -0.1) is 5.10 Å². The lowest BCUT2D eigenvalue weighted by atomic mass is 10.1. The zero-order chi connectivity index (χ0) is 24.4. The summed E-state index contributed by atoms with van der Waals surface area (Å²) in [4.78, 5) is 13.9. The van der Waals surface area contributed by atoms with Gasteiger partial charge in [0.25, 0.3) is 0 Å². The molecule has 0 unspecified atom stereocenters. The fourth-order valence-corrected chi connectivity index (χ4v) is 4.78. The molecule has 176 valence electrons. The second-order valence-corrected chi connectivity index (χ2v) is 8.85. The first kappa shape index (κ1) is 22.9. The minimum atomic E-state index is -4.39. The molecule has 1 amide bonds. The van der Waals surface area contributed by atoms with Crippen LogP contribution >= 0.6 is 11.8 Å². The number of halogens is 3. The van der Waals surface area contributed by atoms with E-state index >= 15 is 0 Å². The zero-order valence-corrected chi connectivity index (χ0v) is 19.1. The predicted octanol–water partition coefficient (Wildman–Crippen LogP) is 6.18. The molecule has 0 aliphatic carbocycles. The van der Waals surface area contributed by atoms with E-state index in [9.17, 15) is 18.0 Å². The summed E-state index contributed by atoms with van der Waals surface area (Å²) in [6, 6.07) is 22.2. The number of thioether (sulfide) groups is 1. The summed E-state index contributed by atoms with van der Waals surface area (Å²) in [5.74, 6) is 0.229. The fraction of sp³-hybridized carbons (Fsp3) is 0.115. The number of amidine groups is 1. The Kier molecular flexibility index (Phi) is 6.17. The van der Waals surface area contributed by atoms with Crippen molar-refractivity contribution in [3.63, 3.8) is 0 Å². The Hall–Kier alpha value is -3.85. The summed E-state index contributed by atoms with van der Waals surface area (Å²) in [6.45, 7) is 0.277. The van der Waals surface area contributed by atoms with Crippen LogP contribution in [0.5, 0.6) is 0 Å². The molecule has 5 rings (SSSR count). The number of rotatable bonds is 5. The van der Waals surface area contributed by atoms with E-state index in [0.29, 0.717) is 16.5 Å². The van der Waals surface area contributed by atoms with E-state index in [1.807, 2.05) is 65.4 Å². The highest BCUT2D eigenvalue weighted by atomic mass is 32.2. The van der Waals surface area contributed by atoms with E-state index in [4.69, 9.17) is 0 Å². The lowest BCUT2D eigenvalue weighted by Crippen LogP contribution is -2.28. The molecular formula is C26H19F3N4OS. The summed E-state index contributed by atoms with van der Waals surface area (Å²) >= 11 is 1.32. The molecule has 2 heterocycles. The first-order valence-corrected chi connectivity index (χ1v) is 11.7. The van der Waals surface area contributed by atoms with E-state index in [1.54, 1.807) is 17.2 Å². The summed E-state index contributed by atoms with van der Waals surface area (Å²) in [5, 5.41) is 9.91. The molecule has 0 N–H and O–H groups in total. The Bertz CT molecular complexity index is 1440. The summed E-state index contributed by atoms with van der Waals surface area (Å²) in [6.07, 6.45) is -0.944. The molecular weight excluding hydrogens is 473 g/mol. The number of anilines is 1. The minimum absolute atomic E-state index is 0.0622. The van der Waals surface area contributed by atoms with Gasteiger partial charge in [0.05, 0.1) is 23.2 Å². The van der Waals surface area contributed by atoms with E-state index < -0.39 is 11.7 Å². The molecule has 0 saturated carbocycles. The lowest BCUT2D eigenvalue weighted by Gasteiger charge is -2.14. The van der Waals surface area contributed by atoms with Crippen molar-refractivity contribution < 1.29 is 18.0 Å². The minimum Gasteiger partial charge on any atom is -0.342 e. The van der Waals surface area contributed by atoms with Crippen molar-refractivity contribution in [3.05, 3.63) is 102 Å². The van der Waals surface area contributed by atoms with Crippen LogP contribution in [0.15, 0.2) is 95.3 Å². The second-order valence-electron chi connectivity index (χ2n) is 7.91. The molecule has 3 aromatic carbocycles. The molecule has 0 atom stereocenters. The average molecular weight is 493 g/mol. The number of aromatic nitrogens is 1. The van der Waals surface area contributed by atoms with Crippen LogP contribution in [0.1, 0.15) is 16.7 Å². The van der Waals surface area contributed by atoms with Crippen LogP contribution in [0.2, 0.25) is 0 Å². The van der Waals surface area contributed by atoms with Gasteiger partial charge in [0.1, 0.15) is 0 Å². The van der Waals surface area contributed by atoms with Gasteiger partial charge >= 0.3 is 6.18 Å². The maximum absolute atomic E-state index is 13.1. The number of carbonyl (C=O) groups is 1. The number of para-hydroxylation sites is 2. The molecule has 35 heavy (non-hydrogen) atoms. The van der Waals surface area contributed by atoms with Gasteiger partial charge in [-0.3, -0.25) is 9.69 Å². The van der Waals surface area contributed by atoms with Crippen LogP contribution < -0.4 is 4.90 Å². The van der Waals surface area contributed by atoms with Gasteiger partial charge in [0.15, 0.2) is 5.17 Å². The third kappa shape index (κ3) is 4.85. The maximum Gasteiger partial charge on any atom is 0.416 e. The predicted molar refractivity (Wildman–Crippen MR) is 134 cm³/mol. The largest absolute Gasteiger partial charge is 0.416 e. The quantitative estimate of drug-likeness (QED) is 0.247. The first-order valence-electron chi connectivity index (χ1n) is 10.8. The molecule has 0 bridgehead atoms.